The topological polar surface area (TPSA) is 76.4 Å². The van der Waals surface area contributed by atoms with Gasteiger partial charge in [0.05, 0.1) is 12.2 Å². The van der Waals surface area contributed by atoms with E-state index in [9.17, 15) is 0 Å². The first kappa shape index (κ1) is 22.1. The highest BCUT2D eigenvalue weighted by Crippen LogP contribution is 2.25. The molecule has 1 saturated carbocycles. The molecule has 0 spiro atoms. The summed E-state index contributed by atoms with van der Waals surface area (Å²) in [5.74, 6) is 1.53. The quantitative estimate of drug-likeness (QED) is 0.513. The van der Waals surface area contributed by atoms with E-state index < -0.39 is 0 Å². The Bertz CT molecular complexity index is 853. The number of nitrogens with zero attached hydrogens (tertiary/aromatic N) is 4. The van der Waals surface area contributed by atoms with Gasteiger partial charge in [0.15, 0.2) is 5.96 Å². The van der Waals surface area contributed by atoms with Crippen LogP contribution in [-0.2, 0) is 20.0 Å². The molecule has 1 aliphatic carbocycles. The fourth-order valence-corrected chi connectivity index (χ4v) is 4.00. The number of ether oxygens (including phenoxy) is 1. The zero-order valence-corrected chi connectivity index (χ0v) is 19.0. The minimum atomic E-state index is 0.229. The molecule has 7 nitrogen and oxygen atoms in total. The molecule has 1 aliphatic rings. The van der Waals surface area contributed by atoms with Gasteiger partial charge in [-0.15, -0.1) is 0 Å². The molecule has 0 saturated heterocycles. The fraction of sp³-hybridized carbons (Fsp3) is 0.609. The van der Waals surface area contributed by atoms with Gasteiger partial charge in [0, 0.05) is 37.1 Å². The molecule has 3 rings (SSSR count). The SMILES string of the molecule is CCNC(=NCc1cccnc1OC1CCCC1)NC(C)Cc1c(C)nn(C)c1C. The lowest BCUT2D eigenvalue weighted by Gasteiger charge is -2.19. The maximum Gasteiger partial charge on any atom is 0.218 e. The van der Waals surface area contributed by atoms with Gasteiger partial charge in [-0.25, -0.2) is 9.98 Å². The van der Waals surface area contributed by atoms with Crippen molar-refractivity contribution in [3.63, 3.8) is 0 Å². The second kappa shape index (κ2) is 10.5. The minimum Gasteiger partial charge on any atom is -0.474 e. The van der Waals surface area contributed by atoms with E-state index >= 15 is 0 Å². The van der Waals surface area contributed by atoms with E-state index in [1.54, 1.807) is 6.20 Å². The van der Waals surface area contributed by atoms with E-state index in [0.29, 0.717) is 12.6 Å². The molecule has 1 fully saturated rings. The molecule has 2 aromatic heterocycles. The van der Waals surface area contributed by atoms with E-state index in [1.165, 1.54) is 24.1 Å². The molecule has 0 radical (unpaired) electrons. The molecule has 30 heavy (non-hydrogen) atoms. The van der Waals surface area contributed by atoms with Crippen LogP contribution in [0, 0.1) is 13.8 Å². The van der Waals surface area contributed by atoms with E-state index in [0.717, 1.165) is 48.9 Å². The van der Waals surface area contributed by atoms with E-state index in [2.05, 4.69) is 54.5 Å². The van der Waals surface area contributed by atoms with E-state index in [-0.39, 0.29) is 6.04 Å². The zero-order chi connectivity index (χ0) is 21.5. The van der Waals surface area contributed by atoms with E-state index in [4.69, 9.17) is 9.73 Å². The van der Waals surface area contributed by atoms with Gasteiger partial charge < -0.3 is 15.4 Å². The molecule has 0 bridgehead atoms. The molecule has 0 aromatic carbocycles. The van der Waals surface area contributed by atoms with Crippen molar-refractivity contribution in [2.24, 2.45) is 12.0 Å². The van der Waals surface area contributed by atoms with Crippen LogP contribution < -0.4 is 15.4 Å². The van der Waals surface area contributed by atoms with Crippen LogP contribution in [0.5, 0.6) is 5.88 Å². The van der Waals surface area contributed by atoms with Gasteiger partial charge in [-0.1, -0.05) is 6.07 Å². The van der Waals surface area contributed by atoms with Crippen molar-refractivity contribution in [1.82, 2.24) is 25.4 Å². The van der Waals surface area contributed by atoms with Crippen molar-refractivity contribution in [2.75, 3.05) is 6.54 Å². The molecule has 2 heterocycles. The average molecular weight is 413 g/mol. The molecule has 1 unspecified atom stereocenters. The summed E-state index contributed by atoms with van der Waals surface area (Å²) in [5.41, 5.74) is 4.63. The number of hydrogen-bond donors (Lipinski definition) is 2. The van der Waals surface area contributed by atoms with Crippen LogP contribution in [0.2, 0.25) is 0 Å². The molecular weight excluding hydrogens is 376 g/mol. The maximum absolute atomic E-state index is 6.16. The van der Waals surface area contributed by atoms with E-state index in [1.807, 2.05) is 17.8 Å². The second-order valence-corrected chi connectivity index (χ2v) is 8.21. The Morgan fingerprint density at radius 3 is 2.77 bits per heavy atom. The van der Waals surface area contributed by atoms with Crippen LogP contribution in [0.25, 0.3) is 0 Å². The largest absolute Gasteiger partial charge is 0.474 e. The number of guanidine groups is 1. The summed E-state index contributed by atoms with van der Waals surface area (Å²) in [7, 11) is 1.99. The van der Waals surface area contributed by atoms with Crippen molar-refractivity contribution < 1.29 is 4.74 Å². The minimum absolute atomic E-state index is 0.229. The Morgan fingerprint density at radius 2 is 2.10 bits per heavy atom. The number of pyridine rings is 1. The summed E-state index contributed by atoms with van der Waals surface area (Å²) in [6, 6.07) is 4.23. The first-order chi connectivity index (χ1) is 14.5. The van der Waals surface area contributed by atoms with Crippen LogP contribution in [-0.4, -0.2) is 39.4 Å². The molecule has 0 amide bonds. The summed E-state index contributed by atoms with van der Waals surface area (Å²) >= 11 is 0. The molecule has 2 aromatic rings. The van der Waals surface area contributed by atoms with Gasteiger partial charge in [0.25, 0.3) is 0 Å². The third-order valence-electron chi connectivity index (χ3n) is 5.73. The Kier molecular flexibility index (Phi) is 7.71. The number of nitrogens with one attached hydrogen (secondary N) is 2. The summed E-state index contributed by atoms with van der Waals surface area (Å²) < 4.78 is 8.11. The molecule has 2 N–H and O–H groups in total. The summed E-state index contributed by atoms with van der Waals surface area (Å²) in [6.07, 6.45) is 7.71. The number of rotatable bonds is 8. The number of aliphatic imine (C=N–C) groups is 1. The third kappa shape index (κ3) is 5.74. The average Bonchev–Trinajstić information content (AvgIpc) is 3.31. The Morgan fingerprint density at radius 1 is 1.33 bits per heavy atom. The first-order valence-electron chi connectivity index (χ1n) is 11.1. The predicted molar refractivity (Wildman–Crippen MR) is 121 cm³/mol. The fourth-order valence-electron chi connectivity index (χ4n) is 4.00. The van der Waals surface area contributed by atoms with Gasteiger partial charge in [-0.05, 0) is 71.4 Å². The van der Waals surface area contributed by atoms with Crippen molar-refractivity contribution in [2.45, 2.75) is 78.5 Å². The zero-order valence-electron chi connectivity index (χ0n) is 19.0. The second-order valence-electron chi connectivity index (χ2n) is 8.21. The molecular formula is C23H36N6O. The summed E-state index contributed by atoms with van der Waals surface area (Å²) in [6.45, 7) is 9.79. The maximum atomic E-state index is 6.16. The molecule has 164 valence electrons. The van der Waals surface area contributed by atoms with Gasteiger partial charge in [-0.3, -0.25) is 4.68 Å². The van der Waals surface area contributed by atoms with Gasteiger partial charge in [-0.2, -0.15) is 5.10 Å². The van der Waals surface area contributed by atoms with Gasteiger partial charge in [0.1, 0.15) is 6.10 Å². The van der Waals surface area contributed by atoms with Crippen LogP contribution in [0.3, 0.4) is 0 Å². The van der Waals surface area contributed by atoms with Crippen LogP contribution >= 0.6 is 0 Å². The lowest BCUT2D eigenvalue weighted by Crippen LogP contribution is -2.43. The highest BCUT2D eigenvalue weighted by Gasteiger charge is 2.19. The van der Waals surface area contributed by atoms with Gasteiger partial charge >= 0.3 is 0 Å². The summed E-state index contributed by atoms with van der Waals surface area (Å²) in [4.78, 5) is 9.27. The highest BCUT2D eigenvalue weighted by molar-refractivity contribution is 5.80. The van der Waals surface area contributed by atoms with Crippen molar-refractivity contribution >= 4 is 5.96 Å². The normalized spacial score (nSPS) is 16.0. The van der Waals surface area contributed by atoms with Crippen molar-refractivity contribution in [3.05, 3.63) is 40.8 Å². The Balaban J connectivity index is 1.65. The van der Waals surface area contributed by atoms with Crippen LogP contribution in [0.4, 0.5) is 0 Å². The van der Waals surface area contributed by atoms with Crippen molar-refractivity contribution in [1.29, 1.82) is 0 Å². The van der Waals surface area contributed by atoms with Gasteiger partial charge in [0.2, 0.25) is 5.88 Å². The first-order valence-corrected chi connectivity index (χ1v) is 11.1. The monoisotopic (exact) mass is 412 g/mol. The number of hydrogen-bond acceptors (Lipinski definition) is 4. The standard InChI is InChI=1S/C23H36N6O/c1-6-24-23(27-16(2)14-21-17(3)28-29(5)18(21)4)26-15-19-10-9-13-25-22(19)30-20-11-7-8-12-20/h9-10,13,16,20H,6-8,11-12,14-15H2,1-5H3,(H2,24,26,27). The highest BCUT2D eigenvalue weighted by atomic mass is 16.5. The number of aryl methyl sites for hydroxylation is 2. The molecule has 0 aliphatic heterocycles. The lowest BCUT2D eigenvalue weighted by atomic mass is 10.1. The molecule has 7 heteroatoms. The lowest BCUT2D eigenvalue weighted by molar-refractivity contribution is 0.199. The van der Waals surface area contributed by atoms with Crippen LogP contribution in [0.1, 0.15) is 62.0 Å². The number of aromatic nitrogens is 3. The van der Waals surface area contributed by atoms with Crippen LogP contribution in [0.15, 0.2) is 23.3 Å². The smallest absolute Gasteiger partial charge is 0.218 e. The Labute approximate surface area is 180 Å². The summed E-state index contributed by atoms with van der Waals surface area (Å²) in [5, 5.41) is 11.4. The third-order valence-corrected chi connectivity index (χ3v) is 5.73. The Hall–Kier alpha value is -2.57. The predicted octanol–water partition coefficient (Wildman–Crippen LogP) is 3.44. The molecule has 1 atom stereocenters. The van der Waals surface area contributed by atoms with Crippen molar-refractivity contribution in [3.8, 4) is 5.88 Å².